The monoisotopic (exact) mass is 242 g/mol. The average Bonchev–Trinajstić information content (AvgIpc) is 2.84. The molecule has 0 saturated carbocycles. The van der Waals surface area contributed by atoms with Crippen LogP contribution in [0.2, 0.25) is 0 Å². The van der Waals surface area contributed by atoms with Gasteiger partial charge < -0.3 is 5.32 Å². The van der Waals surface area contributed by atoms with Gasteiger partial charge in [-0.05, 0) is 30.4 Å². The van der Waals surface area contributed by atoms with Gasteiger partial charge in [-0.25, -0.2) is 4.98 Å². The molecule has 94 valence electrons. The topological polar surface area (TPSA) is 53.6 Å². The molecular formula is C14H18N4. The number of nitrogens with zero attached hydrogens (tertiary/aromatic N) is 2. The molecule has 1 aliphatic rings. The lowest BCUT2D eigenvalue weighted by molar-refractivity contribution is 0.388. The number of aromatic amines is 1. The van der Waals surface area contributed by atoms with Crippen LogP contribution in [0.1, 0.15) is 25.1 Å². The highest BCUT2D eigenvalue weighted by molar-refractivity contribution is 5.67. The SMILES string of the molecule is CNc1cc(-c2n[nH]c3c2CC(C)(C)C3)ccn1. The predicted octanol–water partition coefficient (Wildman–Crippen LogP) is 2.64. The van der Waals surface area contributed by atoms with E-state index in [2.05, 4.69) is 34.3 Å². The van der Waals surface area contributed by atoms with Gasteiger partial charge >= 0.3 is 0 Å². The zero-order chi connectivity index (χ0) is 12.8. The largest absolute Gasteiger partial charge is 0.373 e. The molecule has 0 spiro atoms. The van der Waals surface area contributed by atoms with Gasteiger partial charge in [0.1, 0.15) is 5.82 Å². The van der Waals surface area contributed by atoms with Crippen molar-refractivity contribution in [3.63, 3.8) is 0 Å². The molecule has 0 radical (unpaired) electrons. The molecule has 0 bridgehead atoms. The van der Waals surface area contributed by atoms with Gasteiger partial charge in [-0.1, -0.05) is 13.8 Å². The fraction of sp³-hybridized carbons (Fsp3) is 0.429. The zero-order valence-electron chi connectivity index (χ0n) is 11.0. The van der Waals surface area contributed by atoms with E-state index in [-0.39, 0.29) is 0 Å². The highest BCUT2D eigenvalue weighted by Gasteiger charge is 2.32. The molecule has 0 unspecified atom stereocenters. The molecule has 2 aromatic rings. The Bertz CT molecular complexity index is 583. The van der Waals surface area contributed by atoms with Crippen molar-refractivity contribution < 1.29 is 0 Å². The van der Waals surface area contributed by atoms with Crippen LogP contribution in [0.4, 0.5) is 5.82 Å². The lowest BCUT2D eigenvalue weighted by Crippen LogP contribution is -2.11. The fourth-order valence-electron chi connectivity index (χ4n) is 2.71. The molecule has 0 aliphatic heterocycles. The van der Waals surface area contributed by atoms with Crippen molar-refractivity contribution in [2.24, 2.45) is 5.41 Å². The second kappa shape index (κ2) is 3.83. The Labute approximate surface area is 107 Å². The van der Waals surface area contributed by atoms with Crippen LogP contribution in [0.3, 0.4) is 0 Å². The summed E-state index contributed by atoms with van der Waals surface area (Å²) in [5.41, 5.74) is 5.21. The molecule has 3 rings (SSSR count). The molecule has 0 saturated heterocycles. The van der Waals surface area contributed by atoms with Gasteiger partial charge in [0, 0.05) is 30.1 Å². The Kier molecular flexibility index (Phi) is 2.40. The van der Waals surface area contributed by atoms with Gasteiger partial charge in [-0.15, -0.1) is 0 Å². The molecule has 0 atom stereocenters. The maximum absolute atomic E-state index is 4.47. The van der Waals surface area contributed by atoms with Crippen molar-refractivity contribution in [2.75, 3.05) is 12.4 Å². The Morgan fingerprint density at radius 2 is 2.17 bits per heavy atom. The van der Waals surface area contributed by atoms with E-state index in [4.69, 9.17) is 0 Å². The first-order valence-corrected chi connectivity index (χ1v) is 6.29. The molecule has 0 fully saturated rings. The Morgan fingerprint density at radius 1 is 1.33 bits per heavy atom. The van der Waals surface area contributed by atoms with Crippen LogP contribution >= 0.6 is 0 Å². The first kappa shape index (κ1) is 11.3. The fourth-order valence-corrected chi connectivity index (χ4v) is 2.71. The average molecular weight is 242 g/mol. The summed E-state index contributed by atoms with van der Waals surface area (Å²) >= 11 is 0. The van der Waals surface area contributed by atoms with Gasteiger partial charge in [0.05, 0.1) is 5.69 Å². The minimum Gasteiger partial charge on any atom is -0.373 e. The van der Waals surface area contributed by atoms with Crippen molar-refractivity contribution >= 4 is 5.82 Å². The third-order valence-corrected chi connectivity index (χ3v) is 3.55. The van der Waals surface area contributed by atoms with E-state index in [1.165, 1.54) is 11.3 Å². The lowest BCUT2D eigenvalue weighted by atomic mass is 9.90. The number of aromatic nitrogens is 3. The maximum Gasteiger partial charge on any atom is 0.126 e. The summed E-state index contributed by atoms with van der Waals surface area (Å²) in [5.74, 6) is 0.876. The van der Waals surface area contributed by atoms with Crippen LogP contribution in [0, 0.1) is 5.41 Å². The second-order valence-corrected chi connectivity index (χ2v) is 5.73. The number of hydrogen-bond acceptors (Lipinski definition) is 3. The van der Waals surface area contributed by atoms with Crippen molar-refractivity contribution in [1.82, 2.24) is 15.2 Å². The molecule has 4 heteroatoms. The van der Waals surface area contributed by atoms with Gasteiger partial charge in [-0.3, -0.25) is 5.10 Å². The predicted molar refractivity (Wildman–Crippen MR) is 72.6 cm³/mol. The summed E-state index contributed by atoms with van der Waals surface area (Å²) in [4.78, 5) is 4.24. The van der Waals surface area contributed by atoms with E-state index in [1.54, 1.807) is 0 Å². The molecule has 2 aromatic heterocycles. The molecule has 18 heavy (non-hydrogen) atoms. The van der Waals surface area contributed by atoms with Crippen LogP contribution in [0.25, 0.3) is 11.3 Å². The third kappa shape index (κ3) is 1.78. The van der Waals surface area contributed by atoms with Gasteiger partial charge in [-0.2, -0.15) is 5.10 Å². The first-order chi connectivity index (χ1) is 8.59. The highest BCUT2D eigenvalue weighted by Crippen LogP contribution is 2.39. The van der Waals surface area contributed by atoms with Crippen LogP contribution in [-0.4, -0.2) is 22.2 Å². The normalized spacial score (nSPS) is 16.6. The van der Waals surface area contributed by atoms with E-state index in [0.29, 0.717) is 5.41 Å². The van der Waals surface area contributed by atoms with Gasteiger partial charge in [0.15, 0.2) is 0 Å². The van der Waals surface area contributed by atoms with Crippen molar-refractivity contribution in [3.8, 4) is 11.3 Å². The summed E-state index contributed by atoms with van der Waals surface area (Å²) in [5, 5.41) is 10.7. The highest BCUT2D eigenvalue weighted by atomic mass is 15.1. The molecule has 0 aromatic carbocycles. The second-order valence-electron chi connectivity index (χ2n) is 5.73. The Hall–Kier alpha value is -1.84. The minimum atomic E-state index is 0.345. The molecular weight excluding hydrogens is 224 g/mol. The van der Waals surface area contributed by atoms with E-state index in [0.717, 1.165) is 29.9 Å². The van der Waals surface area contributed by atoms with Crippen LogP contribution in [0.15, 0.2) is 18.3 Å². The first-order valence-electron chi connectivity index (χ1n) is 6.29. The summed E-state index contributed by atoms with van der Waals surface area (Å²) in [6.45, 7) is 4.60. The Balaban J connectivity index is 2.04. The number of anilines is 1. The summed E-state index contributed by atoms with van der Waals surface area (Å²) < 4.78 is 0. The summed E-state index contributed by atoms with van der Waals surface area (Å²) in [6, 6.07) is 4.06. The Morgan fingerprint density at radius 3 is 2.94 bits per heavy atom. The minimum absolute atomic E-state index is 0.345. The number of pyridine rings is 1. The van der Waals surface area contributed by atoms with Crippen molar-refractivity contribution in [2.45, 2.75) is 26.7 Å². The molecule has 2 N–H and O–H groups in total. The van der Waals surface area contributed by atoms with E-state index in [1.807, 2.05) is 25.4 Å². The summed E-state index contributed by atoms with van der Waals surface area (Å²) in [7, 11) is 1.88. The van der Waals surface area contributed by atoms with Crippen LogP contribution in [0.5, 0.6) is 0 Å². The van der Waals surface area contributed by atoms with Gasteiger partial charge in [0.2, 0.25) is 0 Å². The summed E-state index contributed by atoms with van der Waals surface area (Å²) in [6.07, 6.45) is 3.99. The van der Waals surface area contributed by atoms with Crippen molar-refractivity contribution in [1.29, 1.82) is 0 Å². The molecule has 1 aliphatic carbocycles. The number of hydrogen-bond donors (Lipinski definition) is 2. The standard InChI is InChI=1S/C14H18N4/c1-14(2)7-10-11(8-14)17-18-13(10)9-4-5-16-12(6-9)15-3/h4-6H,7-8H2,1-3H3,(H,15,16)(H,17,18). The molecule has 2 heterocycles. The molecule has 4 nitrogen and oxygen atoms in total. The van der Waals surface area contributed by atoms with Crippen LogP contribution in [-0.2, 0) is 12.8 Å². The smallest absolute Gasteiger partial charge is 0.126 e. The quantitative estimate of drug-likeness (QED) is 0.851. The lowest BCUT2D eigenvalue weighted by Gasteiger charge is -2.15. The number of rotatable bonds is 2. The zero-order valence-corrected chi connectivity index (χ0v) is 11.0. The number of H-pyrrole nitrogens is 1. The number of fused-ring (bicyclic) bond motifs is 1. The van der Waals surface area contributed by atoms with Gasteiger partial charge in [0.25, 0.3) is 0 Å². The van der Waals surface area contributed by atoms with E-state index < -0.39 is 0 Å². The maximum atomic E-state index is 4.47. The third-order valence-electron chi connectivity index (χ3n) is 3.55. The van der Waals surface area contributed by atoms with E-state index in [9.17, 15) is 0 Å². The van der Waals surface area contributed by atoms with E-state index >= 15 is 0 Å². The van der Waals surface area contributed by atoms with Crippen LogP contribution < -0.4 is 5.32 Å². The van der Waals surface area contributed by atoms with Crippen molar-refractivity contribution in [3.05, 3.63) is 29.6 Å². The number of nitrogens with one attached hydrogen (secondary N) is 2. The molecule has 0 amide bonds.